The van der Waals surface area contributed by atoms with E-state index in [0.717, 1.165) is 24.1 Å². The van der Waals surface area contributed by atoms with Crippen LogP contribution in [0.25, 0.3) is 11.4 Å². The van der Waals surface area contributed by atoms with Gasteiger partial charge in [0.1, 0.15) is 0 Å². The molecule has 162 valence electrons. The second-order valence-electron chi connectivity index (χ2n) is 7.58. The molecule has 0 saturated heterocycles. The maximum atomic E-state index is 12.9. The summed E-state index contributed by atoms with van der Waals surface area (Å²) in [4.78, 5) is 16.3. The van der Waals surface area contributed by atoms with Gasteiger partial charge in [0.15, 0.2) is 11.0 Å². The second kappa shape index (κ2) is 9.48. The fourth-order valence-electron chi connectivity index (χ4n) is 3.82. The van der Waals surface area contributed by atoms with Crippen LogP contribution in [0.15, 0.2) is 71.2 Å². The Hall–Kier alpha value is -2.61. The summed E-state index contributed by atoms with van der Waals surface area (Å²) in [5, 5.41) is 12.3. The van der Waals surface area contributed by atoms with Crippen molar-refractivity contribution in [3.05, 3.63) is 87.1 Å². The number of halogens is 1. The van der Waals surface area contributed by atoms with Crippen molar-refractivity contribution >= 4 is 40.6 Å². The van der Waals surface area contributed by atoms with Crippen molar-refractivity contribution in [3.63, 3.8) is 0 Å². The average Bonchev–Trinajstić information content (AvgIpc) is 3.45. The molecule has 8 heteroatoms. The molecule has 1 aliphatic rings. The molecule has 0 saturated carbocycles. The number of carbonyl (C=O) groups excluding carboxylic acids is 1. The molecule has 1 amide bonds. The zero-order chi connectivity index (χ0) is 21.9. The van der Waals surface area contributed by atoms with Crippen LogP contribution in [0.5, 0.6) is 0 Å². The van der Waals surface area contributed by atoms with Crippen LogP contribution in [0.3, 0.4) is 0 Å². The van der Waals surface area contributed by atoms with Crippen LogP contribution in [-0.2, 0) is 24.3 Å². The lowest BCUT2D eigenvalue weighted by Crippen LogP contribution is -2.36. The van der Waals surface area contributed by atoms with E-state index in [9.17, 15) is 4.79 Å². The van der Waals surface area contributed by atoms with Crippen LogP contribution in [0.2, 0.25) is 5.02 Å². The van der Waals surface area contributed by atoms with E-state index in [-0.39, 0.29) is 5.91 Å². The van der Waals surface area contributed by atoms with E-state index in [4.69, 9.17) is 11.6 Å². The summed E-state index contributed by atoms with van der Waals surface area (Å²) >= 11 is 9.66. The van der Waals surface area contributed by atoms with Crippen LogP contribution < -0.4 is 0 Å². The molecular weight excluding hydrogens is 460 g/mol. The molecule has 0 fully saturated rings. The molecule has 32 heavy (non-hydrogen) atoms. The second-order valence-corrected chi connectivity index (χ2v) is 9.93. The first-order valence-corrected chi connectivity index (χ1v) is 12.6. The molecule has 0 radical (unpaired) electrons. The Morgan fingerprint density at radius 3 is 2.72 bits per heavy atom. The van der Waals surface area contributed by atoms with Crippen molar-refractivity contribution in [2.75, 3.05) is 12.3 Å². The van der Waals surface area contributed by atoms with Gasteiger partial charge in [0.2, 0.25) is 5.91 Å². The molecule has 4 aromatic rings. The highest BCUT2D eigenvalue weighted by atomic mass is 35.5. The van der Waals surface area contributed by atoms with Gasteiger partial charge in [-0.25, -0.2) is 0 Å². The van der Waals surface area contributed by atoms with Gasteiger partial charge in [0.05, 0.1) is 17.3 Å². The number of hydrogen-bond acceptors (Lipinski definition) is 5. The molecule has 5 rings (SSSR count). The van der Waals surface area contributed by atoms with E-state index in [1.807, 2.05) is 51.9 Å². The third-order valence-corrected chi connectivity index (χ3v) is 7.80. The minimum Gasteiger partial charge on any atom is -0.337 e. The molecule has 2 aromatic carbocycles. The Bertz CT molecular complexity index is 1240. The lowest BCUT2D eigenvalue weighted by Gasteiger charge is -2.26. The summed E-state index contributed by atoms with van der Waals surface area (Å²) in [6.07, 6.45) is 0.935. The van der Waals surface area contributed by atoms with E-state index in [0.29, 0.717) is 34.8 Å². The normalized spacial score (nSPS) is 13.2. The van der Waals surface area contributed by atoms with Crippen molar-refractivity contribution in [1.29, 1.82) is 0 Å². The van der Waals surface area contributed by atoms with Crippen LogP contribution >= 0.6 is 34.7 Å². The predicted molar refractivity (Wildman–Crippen MR) is 130 cm³/mol. The van der Waals surface area contributed by atoms with E-state index in [1.165, 1.54) is 22.2 Å². The van der Waals surface area contributed by atoms with Gasteiger partial charge < -0.3 is 4.90 Å². The van der Waals surface area contributed by atoms with Crippen molar-refractivity contribution in [2.45, 2.75) is 24.7 Å². The monoisotopic (exact) mass is 480 g/mol. The number of thioether (sulfide) groups is 1. The van der Waals surface area contributed by atoms with Crippen LogP contribution in [0, 0.1) is 0 Å². The van der Waals surface area contributed by atoms with Crippen LogP contribution in [-0.4, -0.2) is 37.9 Å². The van der Waals surface area contributed by atoms with Gasteiger partial charge in [-0.2, -0.15) is 0 Å². The smallest absolute Gasteiger partial charge is 0.233 e. The van der Waals surface area contributed by atoms with E-state index in [1.54, 1.807) is 11.3 Å². The summed E-state index contributed by atoms with van der Waals surface area (Å²) in [6, 6.07) is 19.9. The van der Waals surface area contributed by atoms with E-state index >= 15 is 0 Å². The van der Waals surface area contributed by atoms with Gasteiger partial charge in [0.25, 0.3) is 0 Å². The molecule has 0 bridgehead atoms. The Morgan fingerprint density at radius 1 is 1.06 bits per heavy atom. The maximum Gasteiger partial charge on any atom is 0.233 e. The van der Waals surface area contributed by atoms with Gasteiger partial charge in [-0.1, -0.05) is 65.8 Å². The number of thiophene rings is 1. The lowest BCUT2D eigenvalue weighted by molar-refractivity contribution is -0.129. The predicted octanol–water partition coefficient (Wildman–Crippen LogP) is 5.39. The number of amides is 1. The standard InChI is InChI=1S/C24H21ClN4OS2/c25-20-9-5-4-8-19(20)23-26-27-24(29(23)14-17-6-2-1-3-7-17)32-16-22(30)28-12-10-21-18(15-28)11-13-31-21/h1-9,11,13H,10,12,14-16H2. The molecule has 2 aromatic heterocycles. The topological polar surface area (TPSA) is 51.0 Å². The first-order chi connectivity index (χ1) is 15.7. The summed E-state index contributed by atoms with van der Waals surface area (Å²) in [6.45, 7) is 2.07. The van der Waals surface area contributed by atoms with Crippen molar-refractivity contribution in [3.8, 4) is 11.4 Å². The highest BCUT2D eigenvalue weighted by Crippen LogP contribution is 2.30. The molecule has 3 heterocycles. The van der Waals surface area contributed by atoms with E-state index < -0.39 is 0 Å². The summed E-state index contributed by atoms with van der Waals surface area (Å²) in [5.41, 5.74) is 3.24. The summed E-state index contributed by atoms with van der Waals surface area (Å²) in [5.74, 6) is 1.16. The fourth-order valence-corrected chi connectivity index (χ4v) is 5.78. The highest BCUT2D eigenvalue weighted by molar-refractivity contribution is 7.99. The van der Waals surface area contributed by atoms with Gasteiger partial charge in [0, 0.05) is 23.5 Å². The van der Waals surface area contributed by atoms with Crippen LogP contribution in [0.4, 0.5) is 0 Å². The van der Waals surface area contributed by atoms with Crippen molar-refractivity contribution in [2.24, 2.45) is 0 Å². The molecule has 0 N–H and O–H groups in total. The molecule has 0 spiro atoms. The molecule has 0 aliphatic carbocycles. The Kier molecular flexibility index (Phi) is 6.30. The maximum absolute atomic E-state index is 12.9. The number of carbonyl (C=O) groups is 1. The average molecular weight is 481 g/mol. The van der Waals surface area contributed by atoms with Crippen molar-refractivity contribution in [1.82, 2.24) is 19.7 Å². The first-order valence-electron chi connectivity index (χ1n) is 10.4. The number of hydrogen-bond donors (Lipinski definition) is 0. The SMILES string of the molecule is O=C(CSc1nnc(-c2ccccc2Cl)n1Cc1ccccc1)N1CCc2sccc2C1. The fraction of sp³-hybridized carbons (Fsp3) is 0.208. The minimum absolute atomic E-state index is 0.125. The summed E-state index contributed by atoms with van der Waals surface area (Å²) < 4.78 is 2.04. The molecular formula is C24H21ClN4OS2. The largest absolute Gasteiger partial charge is 0.337 e. The molecule has 1 aliphatic heterocycles. The Balaban J connectivity index is 1.37. The minimum atomic E-state index is 0.125. The van der Waals surface area contributed by atoms with Gasteiger partial charge in [-0.05, 0) is 41.1 Å². The molecule has 0 atom stereocenters. The zero-order valence-corrected chi connectivity index (χ0v) is 19.7. The molecule has 5 nitrogen and oxygen atoms in total. The lowest BCUT2D eigenvalue weighted by atomic mass is 10.1. The van der Waals surface area contributed by atoms with Gasteiger partial charge in [-0.15, -0.1) is 21.5 Å². The number of fused-ring (bicyclic) bond motifs is 1. The first kappa shape index (κ1) is 21.2. The number of aromatic nitrogens is 3. The number of rotatable bonds is 6. The van der Waals surface area contributed by atoms with Gasteiger partial charge in [-0.3, -0.25) is 9.36 Å². The Labute approximate surface area is 200 Å². The van der Waals surface area contributed by atoms with Crippen LogP contribution in [0.1, 0.15) is 16.0 Å². The third-order valence-electron chi connectivity index (χ3n) is 5.50. The van der Waals surface area contributed by atoms with Gasteiger partial charge >= 0.3 is 0 Å². The van der Waals surface area contributed by atoms with E-state index in [2.05, 4.69) is 33.8 Å². The highest BCUT2D eigenvalue weighted by Gasteiger charge is 2.23. The van der Waals surface area contributed by atoms with Crippen molar-refractivity contribution < 1.29 is 4.79 Å². The summed E-state index contributed by atoms with van der Waals surface area (Å²) in [7, 11) is 0. The quantitative estimate of drug-likeness (QED) is 0.347. The third kappa shape index (κ3) is 4.46. The number of nitrogens with zero attached hydrogens (tertiary/aromatic N) is 4. The number of benzene rings is 2. The Morgan fingerprint density at radius 2 is 1.88 bits per heavy atom. The zero-order valence-electron chi connectivity index (χ0n) is 17.3. The molecule has 0 unspecified atom stereocenters.